The summed E-state index contributed by atoms with van der Waals surface area (Å²) in [6, 6.07) is 19.4. The number of benzene rings is 3. The van der Waals surface area contributed by atoms with Crippen LogP contribution in [0.3, 0.4) is 0 Å². The molecule has 0 aromatic heterocycles. The number of hydrogen-bond acceptors (Lipinski definition) is 3. The Balaban J connectivity index is 1.70. The van der Waals surface area contributed by atoms with E-state index in [0.717, 1.165) is 27.9 Å². The van der Waals surface area contributed by atoms with Crippen LogP contribution < -0.4 is 10.6 Å². The van der Waals surface area contributed by atoms with Gasteiger partial charge in [-0.2, -0.15) is 0 Å². The molecule has 3 aromatic rings. The first-order valence-corrected chi connectivity index (χ1v) is 9.85. The number of anilines is 1. The molecule has 1 atom stereocenters. The summed E-state index contributed by atoms with van der Waals surface area (Å²) in [6.07, 6.45) is 0. The van der Waals surface area contributed by atoms with Crippen molar-refractivity contribution in [2.24, 2.45) is 0 Å². The standard InChI is InChI=1S/C25H26N2O3/c1-16-8-9-21(14-18(16)3)25(30)27-23(15-28)19-10-12-20(13-11-19)24(29)26-22-7-5-4-6-17(22)2/h4-14,23,28H,15H2,1-3H3,(H,26,29)(H,27,30). The van der Waals surface area contributed by atoms with Gasteiger partial charge in [0.25, 0.3) is 11.8 Å². The quantitative estimate of drug-likeness (QED) is 0.574. The van der Waals surface area contributed by atoms with E-state index in [4.69, 9.17) is 0 Å². The molecule has 5 nitrogen and oxygen atoms in total. The van der Waals surface area contributed by atoms with Crippen LogP contribution in [-0.2, 0) is 0 Å². The topological polar surface area (TPSA) is 78.4 Å². The number of para-hydroxylation sites is 1. The van der Waals surface area contributed by atoms with Gasteiger partial charge in [0.05, 0.1) is 12.6 Å². The van der Waals surface area contributed by atoms with Crippen molar-refractivity contribution in [3.05, 3.63) is 100 Å². The third kappa shape index (κ3) is 4.93. The highest BCUT2D eigenvalue weighted by atomic mass is 16.3. The van der Waals surface area contributed by atoms with E-state index >= 15 is 0 Å². The van der Waals surface area contributed by atoms with Crippen LogP contribution in [0.5, 0.6) is 0 Å². The van der Waals surface area contributed by atoms with Crippen LogP contribution in [0.1, 0.15) is 49.0 Å². The van der Waals surface area contributed by atoms with Gasteiger partial charge in [-0.15, -0.1) is 0 Å². The van der Waals surface area contributed by atoms with Crippen molar-refractivity contribution in [1.82, 2.24) is 5.32 Å². The Hall–Kier alpha value is -3.44. The molecule has 1 unspecified atom stereocenters. The van der Waals surface area contributed by atoms with E-state index in [-0.39, 0.29) is 18.4 Å². The second kappa shape index (κ2) is 9.37. The Kier molecular flexibility index (Phi) is 6.65. The van der Waals surface area contributed by atoms with Crippen molar-refractivity contribution in [2.75, 3.05) is 11.9 Å². The van der Waals surface area contributed by atoms with Crippen molar-refractivity contribution in [3.8, 4) is 0 Å². The Morgan fingerprint density at radius 2 is 1.47 bits per heavy atom. The second-order valence-electron chi connectivity index (χ2n) is 7.40. The predicted molar refractivity (Wildman–Crippen MR) is 119 cm³/mol. The first-order chi connectivity index (χ1) is 14.4. The summed E-state index contributed by atoms with van der Waals surface area (Å²) in [7, 11) is 0. The summed E-state index contributed by atoms with van der Waals surface area (Å²) in [4.78, 5) is 25.1. The SMILES string of the molecule is Cc1ccc(C(=O)NC(CO)c2ccc(C(=O)Nc3ccccc3C)cc2)cc1C. The lowest BCUT2D eigenvalue weighted by Gasteiger charge is -2.18. The second-order valence-corrected chi connectivity index (χ2v) is 7.40. The van der Waals surface area contributed by atoms with Crippen LogP contribution >= 0.6 is 0 Å². The smallest absolute Gasteiger partial charge is 0.255 e. The van der Waals surface area contributed by atoms with E-state index in [2.05, 4.69) is 10.6 Å². The number of carbonyl (C=O) groups excluding carboxylic acids is 2. The van der Waals surface area contributed by atoms with Gasteiger partial charge in [-0.3, -0.25) is 9.59 Å². The lowest BCUT2D eigenvalue weighted by atomic mass is 10.0. The fourth-order valence-corrected chi connectivity index (χ4v) is 3.13. The van der Waals surface area contributed by atoms with Gasteiger partial charge >= 0.3 is 0 Å². The fraction of sp³-hybridized carbons (Fsp3) is 0.200. The molecule has 0 aliphatic carbocycles. The third-order valence-corrected chi connectivity index (χ3v) is 5.23. The molecule has 0 saturated heterocycles. The number of aliphatic hydroxyl groups is 1. The molecule has 0 aliphatic rings. The van der Waals surface area contributed by atoms with Crippen LogP contribution in [0.2, 0.25) is 0 Å². The minimum absolute atomic E-state index is 0.212. The van der Waals surface area contributed by atoms with E-state index < -0.39 is 6.04 Å². The van der Waals surface area contributed by atoms with Gasteiger partial charge in [0.1, 0.15) is 0 Å². The molecule has 3 aromatic carbocycles. The molecule has 5 heteroatoms. The number of rotatable bonds is 6. The monoisotopic (exact) mass is 402 g/mol. The zero-order valence-electron chi connectivity index (χ0n) is 17.4. The van der Waals surface area contributed by atoms with Crippen molar-refractivity contribution in [1.29, 1.82) is 0 Å². The molecule has 0 bridgehead atoms. The lowest BCUT2D eigenvalue weighted by Crippen LogP contribution is -2.30. The van der Waals surface area contributed by atoms with Gasteiger partial charge in [-0.1, -0.05) is 36.4 Å². The highest BCUT2D eigenvalue weighted by molar-refractivity contribution is 6.04. The van der Waals surface area contributed by atoms with Gasteiger partial charge in [0.2, 0.25) is 0 Å². The van der Waals surface area contributed by atoms with Crippen LogP contribution in [-0.4, -0.2) is 23.5 Å². The van der Waals surface area contributed by atoms with Crippen molar-refractivity contribution < 1.29 is 14.7 Å². The molecule has 0 saturated carbocycles. The Bertz CT molecular complexity index is 1060. The number of amides is 2. The minimum atomic E-state index is -0.562. The Labute approximate surface area is 176 Å². The summed E-state index contributed by atoms with van der Waals surface area (Å²) < 4.78 is 0. The number of carbonyl (C=O) groups is 2. The van der Waals surface area contributed by atoms with Crippen molar-refractivity contribution in [2.45, 2.75) is 26.8 Å². The molecule has 0 aliphatic heterocycles. The van der Waals surface area contributed by atoms with Crippen molar-refractivity contribution >= 4 is 17.5 Å². The number of nitrogens with one attached hydrogen (secondary N) is 2. The molecule has 0 heterocycles. The lowest BCUT2D eigenvalue weighted by molar-refractivity contribution is 0.0915. The summed E-state index contributed by atoms with van der Waals surface area (Å²) in [5, 5.41) is 15.5. The van der Waals surface area contributed by atoms with Gasteiger partial charge in [-0.25, -0.2) is 0 Å². The zero-order chi connectivity index (χ0) is 21.7. The Morgan fingerprint density at radius 1 is 0.800 bits per heavy atom. The Morgan fingerprint density at radius 3 is 2.10 bits per heavy atom. The van der Waals surface area contributed by atoms with Crippen LogP contribution in [0.15, 0.2) is 66.7 Å². The normalized spacial score (nSPS) is 11.6. The van der Waals surface area contributed by atoms with Crippen LogP contribution in [0, 0.1) is 20.8 Å². The zero-order valence-corrected chi connectivity index (χ0v) is 17.4. The average Bonchev–Trinajstić information content (AvgIpc) is 2.75. The summed E-state index contributed by atoms with van der Waals surface area (Å²) in [6.45, 7) is 5.63. The number of hydrogen-bond donors (Lipinski definition) is 3. The number of aliphatic hydroxyl groups excluding tert-OH is 1. The maximum atomic E-state index is 12.6. The molecule has 0 radical (unpaired) electrons. The van der Waals surface area contributed by atoms with Crippen LogP contribution in [0.25, 0.3) is 0 Å². The molecule has 3 N–H and O–H groups in total. The molecule has 0 fully saturated rings. The van der Waals surface area contributed by atoms with E-state index in [1.807, 2.05) is 57.2 Å². The average molecular weight is 402 g/mol. The molecule has 2 amide bonds. The molecule has 30 heavy (non-hydrogen) atoms. The highest BCUT2D eigenvalue weighted by Crippen LogP contribution is 2.18. The largest absolute Gasteiger partial charge is 0.394 e. The van der Waals surface area contributed by atoms with Gasteiger partial charge in [0.15, 0.2) is 0 Å². The predicted octanol–water partition coefficient (Wildman–Crippen LogP) is 4.33. The molecular formula is C25H26N2O3. The van der Waals surface area contributed by atoms with E-state index in [1.54, 1.807) is 30.3 Å². The van der Waals surface area contributed by atoms with E-state index in [1.165, 1.54) is 0 Å². The maximum absolute atomic E-state index is 12.6. The van der Waals surface area contributed by atoms with Gasteiger partial charge in [-0.05, 0) is 73.4 Å². The molecule has 0 spiro atoms. The molecule has 3 rings (SSSR count). The minimum Gasteiger partial charge on any atom is -0.394 e. The molecule has 154 valence electrons. The summed E-state index contributed by atoms with van der Waals surface area (Å²) in [5.74, 6) is -0.464. The van der Waals surface area contributed by atoms with Gasteiger partial charge < -0.3 is 15.7 Å². The molecular weight excluding hydrogens is 376 g/mol. The van der Waals surface area contributed by atoms with E-state index in [0.29, 0.717) is 11.1 Å². The van der Waals surface area contributed by atoms with Crippen molar-refractivity contribution in [3.63, 3.8) is 0 Å². The first-order valence-electron chi connectivity index (χ1n) is 9.85. The maximum Gasteiger partial charge on any atom is 0.255 e. The number of aryl methyl sites for hydroxylation is 3. The third-order valence-electron chi connectivity index (χ3n) is 5.23. The summed E-state index contributed by atoms with van der Waals surface area (Å²) in [5.41, 5.74) is 5.67. The highest BCUT2D eigenvalue weighted by Gasteiger charge is 2.16. The van der Waals surface area contributed by atoms with Gasteiger partial charge in [0, 0.05) is 16.8 Å². The van der Waals surface area contributed by atoms with Crippen LogP contribution in [0.4, 0.5) is 5.69 Å². The van der Waals surface area contributed by atoms with E-state index in [9.17, 15) is 14.7 Å². The fourth-order valence-electron chi connectivity index (χ4n) is 3.13. The first kappa shape index (κ1) is 21.3. The summed E-state index contributed by atoms with van der Waals surface area (Å²) >= 11 is 0.